The van der Waals surface area contributed by atoms with Crippen LogP contribution in [0.25, 0.3) is 0 Å². The summed E-state index contributed by atoms with van der Waals surface area (Å²) in [6.45, 7) is 2.03. The fraction of sp³-hybridized carbons (Fsp3) is 0.412. The smallest absolute Gasteiger partial charge is 0.123 e. The molecule has 1 unspecified atom stereocenters. The van der Waals surface area contributed by atoms with Gasteiger partial charge in [0.25, 0.3) is 0 Å². The summed E-state index contributed by atoms with van der Waals surface area (Å²) in [7, 11) is 3.43. The Hall–Kier alpha value is -1.23. The summed E-state index contributed by atoms with van der Waals surface area (Å²) in [5.74, 6) is 1.81. The van der Waals surface area contributed by atoms with E-state index in [1.807, 2.05) is 18.2 Å². The minimum absolute atomic E-state index is 0.367. The summed E-state index contributed by atoms with van der Waals surface area (Å²) < 4.78 is 11.8. The molecular formula is C17H20ClNO2S. The average Bonchev–Trinajstić information content (AvgIpc) is 3.16. The molecule has 2 heterocycles. The Morgan fingerprint density at radius 3 is 2.77 bits per heavy atom. The van der Waals surface area contributed by atoms with Gasteiger partial charge in [-0.05, 0) is 49.7 Å². The molecule has 0 bridgehead atoms. The molecule has 0 aliphatic carbocycles. The van der Waals surface area contributed by atoms with Gasteiger partial charge < -0.3 is 9.47 Å². The largest absolute Gasteiger partial charge is 0.497 e. The van der Waals surface area contributed by atoms with Crippen LogP contribution in [-0.2, 0) is 6.54 Å². The quantitative estimate of drug-likeness (QED) is 0.785. The van der Waals surface area contributed by atoms with Gasteiger partial charge in [0.1, 0.15) is 11.5 Å². The van der Waals surface area contributed by atoms with Crippen molar-refractivity contribution in [1.82, 2.24) is 4.90 Å². The van der Waals surface area contributed by atoms with Crippen molar-refractivity contribution in [2.75, 3.05) is 20.8 Å². The fourth-order valence-corrected chi connectivity index (χ4v) is 4.22. The van der Waals surface area contributed by atoms with E-state index in [-0.39, 0.29) is 0 Å². The molecule has 3 rings (SSSR count). The number of hydrogen-bond acceptors (Lipinski definition) is 4. The second-order valence-corrected chi connectivity index (χ2v) is 7.24. The highest BCUT2D eigenvalue weighted by Crippen LogP contribution is 2.40. The lowest BCUT2D eigenvalue weighted by Gasteiger charge is -2.26. The first kappa shape index (κ1) is 15.7. The first-order valence-electron chi connectivity index (χ1n) is 7.41. The van der Waals surface area contributed by atoms with Crippen LogP contribution in [0.1, 0.15) is 29.3 Å². The lowest BCUT2D eigenvalue weighted by Crippen LogP contribution is -2.22. The van der Waals surface area contributed by atoms with Crippen LogP contribution in [0.3, 0.4) is 0 Å². The summed E-state index contributed by atoms with van der Waals surface area (Å²) in [6, 6.07) is 10.5. The van der Waals surface area contributed by atoms with Crippen molar-refractivity contribution in [3.63, 3.8) is 0 Å². The Kier molecular flexibility index (Phi) is 4.91. The molecule has 0 radical (unpaired) electrons. The predicted molar refractivity (Wildman–Crippen MR) is 91.3 cm³/mol. The third kappa shape index (κ3) is 3.24. The molecule has 3 nitrogen and oxygen atoms in total. The highest BCUT2D eigenvalue weighted by molar-refractivity contribution is 7.16. The predicted octanol–water partition coefficient (Wildman–Crippen LogP) is 4.76. The average molecular weight is 338 g/mol. The van der Waals surface area contributed by atoms with Crippen LogP contribution in [0.2, 0.25) is 4.34 Å². The van der Waals surface area contributed by atoms with Gasteiger partial charge in [0, 0.05) is 23.0 Å². The molecular weight excluding hydrogens is 318 g/mol. The van der Waals surface area contributed by atoms with Gasteiger partial charge in [-0.15, -0.1) is 11.3 Å². The maximum absolute atomic E-state index is 6.05. The second kappa shape index (κ2) is 6.90. The zero-order valence-corrected chi connectivity index (χ0v) is 14.4. The number of halogens is 1. The normalized spacial score (nSPS) is 18.6. The molecule has 1 fully saturated rings. The van der Waals surface area contributed by atoms with Crippen molar-refractivity contribution < 1.29 is 9.47 Å². The van der Waals surface area contributed by atoms with E-state index < -0.39 is 0 Å². The van der Waals surface area contributed by atoms with Crippen LogP contribution in [0, 0.1) is 0 Å². The Morgan fingerprint density at radius 2 is 2.09 bits per heavy atom. The van der Waals surface area contributed by atoms with Crippen molar-refractivity contribution in [3.8, 4) is 11.5 Å². The molecule has 22 heavy (non-hydrogen) atoms. The Bertz CT molecular complexity index is 643. The maximum atomic E-state index is 6.05. The van der Waals surface area contributed by atoms with Crippen LogP contribution in [-0.4, -0.2) is 25.7 Å². The lowest BCUT2D eigenvalue weighted by atomic mass is 10.0. The zero-order chi connectivity index (χ0) is 15.5. The van der Waals surface area contributed by atoms with Gasteiger partial charge in [-0.25, -0.2) is 0 Å². The minimum Gasteiger partial charge on any atom is -0.497 e. The van der Waals surface area contributed by atoms with Gasteiger partial charge in [0.05, 0.1) is 18.6 Å². The molecule has 0 N–H and O–H groups in total. The van der Waals surface area contributed by atoms with Gasteiger partial charge in [0.15, 0.2) is 0 Å². The lowest BCUT2D eigenvalue weighted by molar-refractivity contribution is 0.244. The van der Waals surface area contributed by atoms with E-state index in [1.165, 1.54) is 16.9 Å². The van der Waals surface area contributed by atoms with E-state index in [9.17, 15) is 0 Å². The van der Waals surface area contributed by atoms with Crippen LogP contribution >= 0.6 is 22.9 Å². The SMILES string of the molecule is COc1ccc(OC)c(C2CCCN2Cc2ccc(Cl)s2)c1. The summed E-state index contributed by atoms with van der Waals surface area (Å²) in [4.78, 5) is 3.80. The third-order valence-corrected chi connectivity index (χ3v) is 5.36. The number of benzene rings is 1. The molecule has 1 aromatic carbocycles. The molecule has 1 aliphatic rings. The molecule has 1 aromatic heterocycles. The minimum atomic E-state index is 0.367. The molecule has 1 atom stereocenters. The van der Waals surface area contributed by atoms with Crippen LogP contribution < -0.4 is 9.47 Å². The Labute approximate surface area is 140 Å². The van der Waals surface area contributed by atoms with E-state index in [0.29, 0.717) is 6.04 Å². The van der Waals surface area contributed by atoms with Gasteiger partial charge in [-0.1, -0.05) is 11.6 Å². The topological polar surface area (TPSA) is 21.7 Å². The fourth-order valence-electron chi connectivity index (χ4n) is 3.10. The monoisotopic (exact) mass is 337 g/mol. The third-order valence-electron chi connectivity index (χ3n) is 4.15. The van der Waals surface area contributed by atoms with Crippen LogP contribution in [0.5, 0.6) is 11.5 Å². The van der Waals surface area contributed by atoms with E-state index in [0.717, 1.165) is 35.3 Å². The van der Waals surface area contributed by atoms with Gasteiger partial charge >= 0.3 is 0 Å². The number of thiophene rings is 1. The molecule has 1 aliphatic heterocycles. The standard InChI is InChI=1S/C17H20ClNO2S/c1-20-12-5-7-16(21-2)14(10-12)15-4-3-9-19(15)11-13-6-8-17(18)22-13/h5-8,10,15H,3-4,9,11H2,1-2H3. The summed E-state index contributed by atoms with van der Waals surface area (Å²) >= 11 is 7.71. The van der Waals surface area contributed by atoms with E-state index in [4.69, 9.17) is 21.1 Å². The van der Waals surface area contributed by atoms with Gasteiger partial charge in [0.2, 0.25) is 0 Å². The Morgan fingerprint density at radius 1 is 1.23 bits per heavy atom. The number of likely N-dealkylation sites (tertiary alicyclic amines) is 1. The number of rotatable bonds is 5. The van der Waals surface area contributed by atoms with Gasteiger partial charge in [-0.2, -0.15) is 0 Å². The van der Waals surface area contributed by atoms with Gasteiger partial charge in [-0.3, -0.25) is 4.90 Å². The summed E-state index contributed by atoms with van der Waals surface area (Å²) in [5, 5.41) is 0. The number of hydrogen-bond donors (Lipinski definition) is 0. The summed E-state index contributed by atoms with van der Waals surface area (Å²) in [5.41, 5.74) is 1.21. The first-order valence-corrected chi connectivity index (χ1v) is 8.61. The number of nitrogens with zero attached hydrogens (tertiary/aromatic N) is 1. The molecule has 0 spiro atoms. The van der Waals surface area contributed by atoms with Crippen molar-refractivity contribution in [3.05, 3.63) is 45.1 Å². The molecule has 1 saturated heterocycles. The van der Waals surface area contributed by atoms with Crippen LogP contribution in [0.15, 0.2) is 30.3 Å². The number of methoxy groups -OCH3 is 2. The molecule has 2 aromatic rings. The first-order chi connectivity index (χ1) is 10.7. The highest BCUT2D eigenvalue weighted by atomic mass is 35.5. The number of ether oxygens (including phenoxy) is 2. The van der Waals surface area contributed by atoms with Crippen molar-refractivity contribution >= 4 is 22.9 Å². The van der Waals surface area contributed by atoms with Crippen molar-refractivity contribution in [2.24, 2.45) is 0 Å². The zero-order valence-electron chi connectivity index (χ0n) is 12.8. The molecule has 5 heteroatoms. The molecule has 0 saturated carbocycles. The van der Waals surface area contributed by atoms with Crippen LogP contribution in [0.4, 0.5) is 0 Å². The second-order valence-electron chi connectivity index (χ2n) is 5.44. The summed E-state index contributed by atoms with van der Waals surface area (Å²) in [6.07, 6.45) is 2.34. The molecule has 0 amide bonds. The van der Waals surface area contributed by atoms with E-state index in [1.54, 1.807) is 25.6 Å². The van der Waals surface area contributed by atoms with Crippen molar-refractivity contribution in [2.45, 2.75) is 25.4 Å². The van der Waals surface area contributed by atoms with E-state index in [2.05, 4.69) is 17.0 Å². The van der Waals surface area contributed by atoms with E-state index >= 15 is 0 Å². The molecule has 118 valence electrons. The maximum Gasteiger partial charge on any atom is 0.123 e. The van der Waals surface area contributed by atoms with Crippen molar-refractivity contribution in [1.29, 1.82) is 0 Å². The Balaban J connectivity index is 1.86. The highest BCUT2D eigenvalue weighted by Gasteiger charge is 2.29.